The summed E-state index contributed by atoms with van der Waals surface area (Å²) in [4.78, 5) is 4.15. The molecule has 8 nitrogen and oxygen atoms in total. The highest BCUT2D eigenvalue weighted by atomic mass is 16.5. The second-order valence-corrected chi connectivity index (χ2v) is 6.79. The van der Waals surface area contributed by atoms with Crippen molar-refractivity contribution in [3.8, 4) is 17.6 Å². The predicted octanol–water partition coefficient (Wildman–Crippen LogP) is 1.69. The van der Waals surface area contributed by atoms with Gasteiger partial charge in [-0.25, -0.2) is 4.98 Å². The third kappa shape index (κ3) is 6.46. The highest BCUT2D eigenvalue weighted by Crippen LogP contribution is 2.14. The molecule has 2 heterocycles. The molecule has 0 aliphatic rings. The van der Waals surface area contributed by atoms with Crippen molar-refractivity contribution in [1.82, 2.24) is 20.0 Å². The Hall–Kier alpha value is -3.12. The van der Waals surface area contributed by atoms with Gasteiger partial charge in [-0.05, 0) is 50.1 Å². The minimum atomic E-state index is -0.647. The van der Waals surface area contributed by atoms with Crippen LogP contribution in [0.3, 0.4) is 0 Å². The van der Waals surface area contributed by atoms with Crippen LogP contribution in [0.2, 0.25) is 0 Å². The average Bonchev–Trinajstić information content (AvgIpc) is 3.40. The molecule has 0 bridgehead atoms. The summed E-state index contributed by atoms with van der Waals surface area (Å²) in [6, 6.07) is 9.41. The van der Waals surface area contributed by atoms with Gasteiger partial charge < -0.3 is 30.0 Å². The van der Waals surface area contributed by atoms with Crippen molar-refractivity contribution in [2.75, 3.05) is 26.2 Å². The molecule has 4 N–H and O–H groups in total. The lowest BCUT2D eigenvalue weighted by Gasteiger charge is -2.07. The van der Waals surface area contributed by atoms with Crippen LogP contribution in [0.25, 0.3) is 0 Å². The van der Waals surface area contributed by atoms with Gasteiger partial charge in [-0.3, -0.25) is 0 Å². The van der Waals surface area contributed by atoms with Crippen LogP contribution in [0.4, 0.5) is 0 Å². The van der Waals surface area contributed by atoms with E-state index in [-0.39, 0.29) is 0 Å². The molecule has 0 radical (unpaired) electrons. The highest BCUT2D eigenvalue weighted by molar-refractivity contribution is 5.41. The number of nitrogens with zero attached hydrogens (tertiary/aromatic N) is 3. The number of hydrogen-bond donors (Lipinski definition) is 3. The summed E-state index contributed by atoms with van der Waals surface area (Å²) in [5, 5.41) is 17.0. The van der Waals surface area contributed by atoms with Gasteiger partial charge in [0.2, 0.25) is 5.76 Å². The molecular formula is C22H27N5O3. The average molecular weight is 409 g/mol. The van der Waals surface area contributed by atoms with Crippen molar-refractivity contribution in [3.05, 3.63) is 65.6 Å². The van der Waals surface area contributed by atoms with Gasteiger partial charge in [-0.1, -0.05) is 11.1 Å². The molecule has 0 spiro atoms. The minimum absolute atomic E-state index is 0.458. The van der Waals surface area contributed by atoms with Crippen LogP contribution in [0.15, 0.2) is 47.2 Å². The van der Waals surface area contributed by atoms with E-state index in [0.29, 0.717) is 37.0 Å². The third-order valence-corrected chi connectivity index (χ3v) is 4.28. The SMILES string of the molecule is C[C@H](O)c1nccn1Cc1cc(C#Cc2ccc(OCCCNCCN)cc2)on1. The van der Waals surface area contributed by atoms with Crippen LogP contribution in [0.1, 0.15) is 42.3 Å². The maximum absolute atomic E-state index is 9.73. The van der Waals surface area contributed by atoms with E-state index >= 15 is 0 Å². The second kappa shape index (κ2) is 11.2. The van der Waals surface area contributed by atoms with Gasteiger partial charge in [-0.15, -0.1) is 0 Å². The summed E-state index contributed by atoms with van der Waals surface area (Å²) >= 11 is 0. The van der Waals surface area contributed by atoms with Crippen LogP contribution in [-0.2, 0) is 6.54 Å². The molecule has 0 aliphatic carbocycles. The summed E-state index contributed by atoms with van der Waals surface area (Å²) < 4.78 is 12.8. The zero-order valence-corrected chi connectivity index (χ0v) is 17.0. The molecule has 0 saturated carbocycles. The summed E-state index contributed by atoms with van der Waals surface area (Å²) in [5.74, 6) is 7.92. The van der Waals surface area contributed by atoms with E-state index in [1.54, 1.807) is 25.4 Å². The van der Waals surface area contributed by atoms with Crippen LogP contribution in [0, 0.1) is 11.8 Å². The van der Waals surface area contributed by atoms with Gasteiger partial charge in [0.05, 0.1) is 13.2 Å². The van der Waals surface area contributed by atoms with Crippen molar-refractivity contribution in [2.24, 2.45) is 5.73 Å². The predicted molar refractivity (Wildman–Crippen MR) is 113 cm³/mol. The molecular weight excluding hydrogens is 382 g/mol. The lowest BCUT2D eigenvalue weighted by Crippen LogP contribution is -2.24. The molecule has 3 aromatic rings. The molecule has 30 heavy (non-hydrogen) atoms. The van der Waals surface area contributed by atoms with Gasteiger partial charge in [-0.2, -0.15) is 0 Å². The fraction of sp³-hybridized carbons (Fsp3) is 0.364. The lowest BCUT2D eigenvalue weighted by molar-refractivity contribution is 0.184. The molecule has 1 aromatic carbocycles. The largest absolute Gasteiger partial charge is 0.494 e. The molecule has 0 aliphatic heterocycles. The van der Waals surface area contributed by atoms with Crippen LogP contribution >= 0.6 is 0 Å². The first-order valence-corrected chi connectivity index (χ1v) is 9.96. The Morgan fingerprint density at radius 3 is 2.87 bits per heavy atom. The fourth-order valence-corrected chi connectivity index (χ4v) is 2.82. The number of imidazole rings is 1. The number of ether oxygens (including phenoxy) is 1. The van der Waals surface area contributed by atoms with Crippen LogP contribution in [0.5, 0.6) is 5.75 Å². The molecule has 0 fully saturated rings. The van der Waals surface area contributed by atoms with E-state index in [0.717, 1.165) is 30.8 Å². The summed E-state index contributed by atoms with van der Waals surface area (Å²) in [6.07, 6.45) is 3.72. The van der Waals surface area contributed by atoms with Gasteiger partial charge in [0.1, 0.15) is 23.4 Å². The number of aliphatic hydroxyl groups is 1. The first kappa shape index (κ1) is 21.6. The number of nitrogens with two attached hydrogens (primary N) is 1. The molecule has 0 unspecified atom stereocenters. The van der Waals surface area contributed by atoms with Gasteiger partial charge in [0.25, 0.3) is 0 Å². The minimum Gasteiger partial charge on any atom is -0.494 e. The van der Waals surface area contributed by atoms with E-state index in [4.69, 9.17) is 15.0 Å². The lowest BCUT2D eigenvalue weighted by atomic mass is 10.2. The zero-order valence-electron chi connectivity index (χ0n) is 17.0. The molecule has 158 valence electrons. The van der Waals surface area contributed by atoms with E-state index in [2.05, 4.69) is 27.3 Å². The number of aromatic nitrogens is 3. The molecule has 8 heteroatoms. The first-order valence-electron chi connectivity index (χ1n) is 9.96. The standard InChI is InChI=1S/C22H27N5O3/c1-17(28)22-25-12-13-27(22)16-19-15-21(30-26-19)8-5-18-3-6-20(7-4-18)29-14-2-10-24-11-9-23/h3-4,6-7,12-13,15,17,24,28H,2,9-11,14,16,23H2,1H3/t17-/m0/s1. The summed E-state index contributed by atoms with van der Waals surface area (Å²) in [5.41, 5.74) is 7.00. The summed E-state index contributed by atoms with van der Waals surface area (Å²) in [7, 11) is 0. The molecule has 1 atom stereocenters. The van der Waals surface area contributed by atoms with Gasteiger partial charge in [0, 0.05) is 37.1 Å². The number of rotatable bonds is 10. The Morgan fingerprint density at radius 1 is 1.27 bits per heavy atom. The smallest absolute Gasteiger partial charge is 0.210 e. The van der Waals surface area contributed by atoms with Crippen molar-refractivity contribution in [3.63, 3.8) is 0 Å². The van der Waals surface area contributed by atoms with Crippen molar-refractivity contribution >= 4 is 0 Å². The molecule has 2 aromatic heterocycles. The monoisotopic (exact) mass is 409 g/mol. The molecule has 0 amide bonds. The van der Waals surface area contributed by atoms with Crippen molar-refractivity contribution < 1.29 is 14.4 Å². The van der Waals surface area contributed by atoms with Crippen molar-refractivity contribution in [2.45, 2.75) is 26.0 Å². The van der Waals surface area contributed by atoms with E-state index < -0.39 is 6.10 Å². The summed E-state index contributed by atoms with van der Waals surface area (Å²) in [6.45, 7) is 5.15. The second-order valence-electron chi connectivity index (χ2n) is 6.79. The number of benzene rings is 1. The highest BCUT2D eigenvalue weighted by Gasteiger charge is 2.10. The Kier molecular flexibility index (Phi) is 8.03. The Balaban J connectivity index is 1.50. The number of aliphatic hydroxyl groups excluding tert-OH is 1. The Labute approximate surface area is 176 Å². The van der Waals surface area contributed by atoms with Crippen molar-refractivity contribution in [1.29, 1.82) is 0 Å². The normalized spacial score (nSPS) is 11.7. The quantitative estimate of drug-likeness (QED) is 0.345. The fourth-order valence-electron chi connectivity index (χ4n) is 2.82. The first-order chi connectivity index (χ1) is 14.7. The topological polar surface area (TPSA) is 111 Å². The molecule has 3 rings (SSSR count). The Morgan fingerprint density at radius 2 is 2.10 bits per heavy atom. The zero-order chi connectivity index (χ0) is 21.2. The maximum atomic E-state index is 9.73. The van der Waals surface area contributed by atoms with Crippen LogP contribution in [-0.4, -0.2) is 46.1 Å². The van der Waals surface area contributed by atoms with Crippen LogP contribution < -0.4 is 15.8 Å². The number of nitrogens with one attached hydrogen (secondary N) is 1. The van der Waals surface area contributed by atoms with Gasteiger partial charge >= 0.3 is 0 Å². The van der Waals surface area contributed by atoms with Gasteiger partial charge in [0.15, 0.2) is 0 Å². The molecule has 0 saturated heterocycles. The number of hydrogen-bond acceptors (Lipinski definition) is 7. The van der Waals surface area contributed by atoms with E-state index in [1.165, 1.54) is 0 Å². The third-order valence-electron chi connectivity index (χ3n) is 4.28. The maximum Gasteiger partial charge on any atom is 0.210 e. The van der Waals surface area contributed by atoms with E-state index in [1.807, 2.05) is 28.8 Å². The van der Waals surface area contributed by atoms with E-state index in [9.17, 15) is 5.11 Å². The Bertz CT molecular complexity index is 967.